The van der Waals surface area contributed by atoms with Crippen molar-refractivity contribution in [2.24, 2.45) is 5.41 Å². The molecule has 134 valence electrons. The van der Waals surface area contributed by atoms with E-state index in [4.69, 9.17) is 26.8 Å². The first-order chi connectivity index (χ1) is 11.6. The van der Waals surface area contributed by atoms with E-state index in [2.05, 4.69) is 26.2 Å². The van der Waals surface area contributed by atoms with Crippen molar-refractivity contribution >= 4 is 34.3 Å². The first-order valence-electron chi connectivity index (χ1n) is 7.02. The van der Waals surface area contributed by atoms with Crippen molar-refractivity contribution in [2.75, 3.05) is 18.0 Å². The summed E-state index contributed by atoms with van der Waals surface area (Å²) >= 11 is 5.84. The summed E-state index contributed by atoms with van der Waals surface area (Å²) in [6.07, 6.45) is -2.50. The summed E-state index contributed by atoms with van der Waals surface area (Å²) in [5.41, 5.74) is 0.584. The molecule has 3 heterocycles. The Kier molecular flexibility index (Phi) is 5.08. The summed E-state index contributed by atoms with van der Waals surface area (Å²) in [6.45, 7) is 3.52. The van der Waals surface area contributed by atoms with Gasteiger partial charge in [-0.3, -0.25) is 5.10 Å². The van der Waals surface area contributed by atoms with Gasteiger partial charge in [0, 0.05) is 25.4 Å². The second-order valence-electron chi connectivity index (χ2n) is 5.75. The Morgan fingerprint density at radius 2 is 2.20 bits per heavy atom. The highest BCUT2D eigenvalue weighted by Crippen LogP contribution is 2.34. The third-order valence-electron chi connectivity index (χ3n) is 3.68. The topological polar surface area (TPSA) is 106 Å². The van der Waals surface area contributed by atoms with E-state index in [1.807, 2.05) is 6.92 Å². The second-order valence-corrected chi connectivity index (χ2v) is 6.13. The first-order valence-corrected chi connectivity index (χ1v) is 7.39. The Labute approximate surface area is 145 Å². The molecule has 7 nitrogen and oxygen atoms in total. The molecule has 1 unspecified atom stereocenters. The lowest BCUT2D eigenvalue weighted by molar-refractivity contribution is -0.192. The molecule has 0 aromatic carbocycles. The predicted molar refractivity (Wildman–Crippen MR) is 83.1 cm³/mol. The van der Waals surface area contributed by atoms with E-state index < -0.39 is 12.1 Å². The summed E-state index contributed by atoms with van der Waals surface area (Å²) < 4.78 is 31.7. The fourth-order valence-electron chi connectivity index (χ4n) is 2.35. The van der Waals surface area contributed by atoms with Crippen molar-refractivity contribution in [3.8, 4) is 6.07 Å². The van der Waals surface area contributed by atoms with Crippen LogP contribution in [0.5, 0.6) is 0 Å². The standard InChI is InChI=1S/C12H12ClN5.C2HF3O2/c1-12(6-14)2-3-18(7-12)11-8-5-15-10(13)4-9(8)16-17-11;3-2(4,5)1(6)7/h4-5H,2-3,7H2,1H3,(H,16,17);(H,6,7). The van der Waals surface area contributed by atoms with Gasteiger partial charge >= 0.3 is 12.1 Å². The molecule has 0 spiro atoms. The van der Waals surface area contributed by atoms with E-state index in [0.717, 1.165) is 29.7 Å². The van der Waals surface area contributed by atoms with Gasteiger partial charge in [0.2, 0.25) is 0 Å². The highest BCUT2D eigenvalue weighted by atomic mass is 35.5. The van der Waals surface area contributed by atoms with Gasteiger partial charge in [-0.25, -0.2) is 9.78 Å². The lowest BCUT2D eigenvalue weighted by atomic mass is 9.92. The van der Waals surface area contributed by atoms with Gasteiger partial charge in [-0.2, -0.15) is 23.5 Å². The van der Waals surface area contributed by atoms with E-state index in [1.165, 1.54) is 0 Å². The number of nitriles is 1. The van der Waals surface area contributed by atoms with Gasteiger partial charge in [0.15, 0.2) is 5.82 Å². The number of aromatic amines is 1. The van der Waals surface area contributed by atoms with E-state index in [0.29, 0.717) is 11.7 Å². The number of rotatable bonds is 1. The Morgan fingerprint density at radius 3 is 2.72 bits per heavy atom. The number of nitrogens with one attached hydrogen (secondary N) is 1. The van der Waals surface area contributed by atoms with Gasteiger partial charge in [-0.15, -0.1) is 0 Å². The number of carboxylic acids is 1. The Bertz CT molecular complexity index is 832. The third-order valence-corrected chi connectivity index (χ3v) is 3.89. The highest BCUT2D eigenvalue weighted by molar-refractivity contribution is 6.30. The SMILES string of the molecule is CC1(C#N)CCN(c2n[nH]c3cc(Cl)ncc23)C1.O=C(O)C(F)(F)F. The van der Waals surface area contributed by atoms with Crippen molar-refractivity contribution < 1.29 is 23.1 Å². The molecule has 2 aromatic rings. The molecule has 3 rings (SSSR count). The fourth-order valence-corrected chi connectivity index (χ4v) is 2.51. The largest absolute Gasteiger partial charge is 0.490 e. The lowest BCUT2D eigenvalue weighted by Gasteiger charge is -2.17. The maximum atomic E-state index is 10.6. The van der Waals surface area contributed by atoms with Gasteiger partial charge in [-0.05, 0) is 13.3 Å². The van der Waals surface area contributed by atoms with Crippen molar-refractivity contribution in [1.82, 2.24) is 15.2 Å². The maximum absolute atomic E-state index is 10.6. The average molecular weight is 376 g/mol. The van der Waals surface area contributed by atoms with Gasteiger partial charge in [-0.1, -0.05) is 11.6 Å². The highest BCUT2D eigenvalue weighted by Gasteiger charge is 2.38. The molecule has 1 aliphatic rings. The van der Waals surface area contributed by atoms with Gasteiger partial charge < -0.3 is 10.0 Å². The van der Waals surface area contributed by atoms with Crippen LogP contribution in [0.15, 0.2) is 12.3 Å². The first kappa shape index (κ1) is 18.8. The number of anilines is 1. The zero-order valence-corrected chi connectivity index (χ0v) is 13.7. The molecule has 25 heavy (non-hydrogen) atoms. The van der Waals surface area contributed by atoms with E-state index in [9.17, 15) is 13.2 Å². The summed E-state index contributed by atoms with van der Waals surface area (Å²) in [5.74, 6) is -1.90. The second kappa shape index (κ2) is 6.76. The van der Waals surface area contributed by atoms with Crippen LogP contribution in [-0.2, 0) is 4.79 Å². The molecular weight excluding hydrogens is 363 g/mol. The number of alkyl halides is 3. The molecule has 1 saturated heterocycles. The average Bonchev–Trinajstić information content (AvgIpc) is 3.10. The van der Waals surface area contributed by atoms with E-state index in [1.54, 1.807) is 12.3 Å². The molecule has 0 radical (unpaired) electrons. The minimum atomic E-state index is -5.08. The molecule has 1 fully saturated rings. The van der Waals surface area contributed by atoms with Gasteiger partial charge in [0.25, 0.3) is 0 Å². The number of hydrogen-bond acceptors (Lipinski definition) is 5. The number of carbonyl (C=O) groups is 1. The summed E-state index contributed by atoms with van der Waals surface area (Å²) in [6, 6.07) is 4.13. The van der Waals surface area contributed by atoms with Crippen LogP contribution >= 0.6 is 11.6 Å². The summed E-state index contributed by atoms with van der Waals surface area (Å²) in [5, 5.41) is 24.9. The number of fused-ring (bicyclic) bond motifs is 1. The molecule has 1 atom stereocenters. The number of nitrogens with zero attached hydrogens (tertiary/aromatic N) is 4. The molecule has 1 aliphatic heterocycles. The lowest BCUT2D eigenvalue weighted by Crippen LogP contribution is -2.24. The van der Waals surface area contributed by atoms with E-state index >= 15 is 0 Å². The number of aromatic nitrogens is 3. The van der Waals surface area contributed by atoms with Crippen LogP contribution in [0.3, 0.4) is 0 Å². The molecule has 0 aliphatic carbocycles. The number of carboxylic acid groups (broad SMARTS) is 1. The molecule has 0 saturated carbocycles. The van der Waals surface area contributed by atoms with Crippen molar-refractivity contribution in [3.63, 3.8) is 0 Å². The van der Waals surface area contributed by atoms with Gasteiger partial charge in [0.05, 0.1) is 22.4 Å². The number of H-pyrrole nitrogens is 1. The maximum Gasteiger partial charge on any atom is 0.490 e. The smallest absolute Gasteiger partial charge is 0.475 e. The molecule has 0 bridgehead atoms. The quantitative estimate of drug-likeness (QED) is 0.742. The number of aliphatic carboxylic acids is 1. The molecule has 0 amide bonds. The zero-order valence-electron chi connectivity index (χ0n) is 12.9. The van der Waals surface area contributed by atoms with Gasteiger partial charge in [0.1, 0.15) is 5.15 Å². The van der Waals surface area contributed by atoms with Crippen molar-refractivity contribution in [3.05, 3.63) is 17.4 Å². The minimum Gasteiger partial charge on any atom is -0.475 e. The van der Waals surface area contributed by atoms with Crippen LogP contribution in [0.25, 0.3) is 10.9 Å². The predicted octanol–water partition coefficient (Wildman–Crippen LogP) is 2.98. The number of hydrogen-bond donors (Lipinski definition) is 2. The van der Waals surface area contributed by atoms with Crippen LogP contribution < -0.4 is 4.90 Å². The number of pyridine rings is 1. The van der Waals surface area contributed by atoms with Crippen molar-refractivity contribution in [2.45, 2.75) is 19.5 Å². The van der Waals surface area contributed by atoms with Crippen LogP contribution in [0, 0.1) is 16.7 Å². The monoisotopic (exact) mass is 375 g/mol. The summed E-state index contributed by atoms with van der Waals surface area (Å²) in [7, 11) is 0. The molecule has 2 aromatic heterocycles. The fraction of sp³-hybridized carbons (Fsp3) is 0.429. The molecule has 11 heteroatoms. The Balaban J connectivity index is 0.000000277. The molecular formula is C14H13ClF3N5O2. The van der Waals surface area contributed by atoms with Crippen LogP contribution in [0.1, 0.15) is 13.3 Å². The van der Waals surface area contributed by atoms with Crippen LogP contribution in [-0.4, -0.2) is 45.5 Å². The molecule has 2 N–H and O–H groups in total. The minimum absolute atomic E-state index is 0.287. The normalized spacial score (nSPS) is 20.1. The Morgan fingerprint density at radius 1 is 1.56 bits per heavy atom. The zero-order chi connectivity index (χ0) is 18.8. The van der Waals surface area contributed by atoms with E-state index in [-0.39, 0.29) is 5.41 Å². The van der Waals surface area contributed by atoms with Crippen LogP contribution in [0.4, 0.5) is 19.0 Å². The summed E-state index contributed by atoms with van der Waals surface area (Å²) in [4.78, 5) is 15.1. The third kappa shape index (κ3) is 4.30. The van der Waals surface area contributed by atoms with Crippen molar-refractivity contribution in [1.29, 1.82) is 5.26 Å². The van der Waals surface area contributed by atoms with Crippen LogP contribution in [0.2, 0.25) is 5.15 Å². The number of halogens is 4. The Hall–Kier alpha value is -2.54.